The first-order chi connectivity index (χ1) is 13.7. The molecule has 4 aliphatic carbocycles. The molecule has 0 amide bonds. The van der Waals surface area contributed by atoms with E-state index in [0.29, 0.717) is 22.8 Å². The van der Waals surface area contributed by atoms with Gasteiger partial charge in [0.05, 0.1) is 6.10 Å². The summed E-state index contributed by atoms with van der Waals surface area (Å²) in [6.45, 7) is 12.5. The van der Waals surface area contributed by atoms with Crippen LogP contribution in [0.2, 0.25) is 0 Å². The summed E-state index contributed by atoms with van der Waals surface area (Å²) in [5, 5.41) is 10.3. The van der Waals surface area contributed by atoms with Crippen LogP contribution in [0.5, 0.6) is 0 Å². The molecule has 0 bridgehead atoms. The van der Waals surface area contributed by atoms with Crippen LogP contribution in [0.3, 0.4) is 0 Å². The number of hydrogen-bond acceptors (Lipinski definition) is 2. The van der Waals surface area contributed by atoms with E-state index in [1.165, 1.54) is 51.4 Å². The molecule has 0 radical (unpaired) electrons. The van der Waals surface area contributed by atoms with E-state index in [1.807, 2.05) is 0 Å². The average molecular weight is 404 g/mol. The summed E-state index contributed by atoms with van der Waals surface area (Å²) in [4.78, 5) is 0. The molecular formula is C27H49NO. The normalized spacial score (nSPS) is 50.7. The fourth-order valence-corrected chi connectivity index (χ4v) is 9.32. The highest BCUT2D eigenvalue weighted by Gasteiger charge is 2.62. The quantitative estimate of drug-likeness (QED) is 0.557. The van der Waals surface area contributed by atoms with Gasteiger partial charge in [0.15, 0.2) is 0 Å². The third kappa shape index (κ3) is 3.73. The van der Waals surface area contributed by atoms with Crippen molar-refractivity contribution in [2.24, 2.45) is 58.0 Å². The highest BCUT2D eigenvalue weighted by molar-refractivity contribution is 5.12. The molecule has 4 saturated carbocycles. The van der Waals surface area contributed by atoms with Gasteiger partial charge in [0.1, 0.15) is 0 Å². The second-order valence-corrected chi connectivity index (χ2v) is 12.9. The van der Waals surface area contributed by atoms with Crippen molar-refractivity contribution in [2.45, 2.75) is 117 Å². The van der Waals surface area contributed by atoms with E-state index < -0.39 is 0 Å². The molecule has 2 heteroatoms. The summed E-state index contributed by atoms with van der Waals surface area (Å²) < 4.78 is 0. The highest BCUT2D eigenvalue weighted by atomic mass is 16.3. The fourth-order valence-electron chi connectivity index (χ4n) is 9.32. The molecule has 3 N–H and O–H groups in total. The first kappa shape index (κ1) is 22.1. The van der Waals surface area contributed by atoms with Gasteiger partial charge < -0.3 is 10.8 Å². The van der Waals surface area contributed by atoms with Gasteiger partial charge in [-0.05, 0) is 104 Å². The molecule has 4 aliphatic rings. The van der Waals surface area contributed by atoms with Crippen molar-refractivity contribution in [3.05, 3.63) is 0 Å². The van der Waals surface area contributed by atoms with Gasteiger partial charge in [0.25, 0.3) is 0 Å². The SMILES string of the molecule is CC(C)CCC[C@@H](C)C1CC[C@H]2[C@@H]3[C@H](N)CC4C[C@@H](O)CC[C@]4(C)[C@H]3CC[C@]12C. The van der Waals surface area contributed by atoms with Crippen molar-refractivity contribution in [1.82, 2.24) is 0 Å². The minimum Gasteiger partial charge on any atom is -0.393 e. The van der Waals surface area contributed by atoms with Crippen molar-refractivity contribution in [2.75, 3.05) is 0 Å². The summed E-state index contributed by atoms with van der Waals surface area (Å²) in [5.74, 6) is 5.65. The molecule has 29 heavy (non-hydrogen) atoms. The van der Waals surface area contributed by atoms with E-state index in [2.05, 4.69) is 34.6 Å². The molecule has 10 atom stereocenters. The first-order valence-corrected chi connectivity index (χ1v) is 13.1. The molecular weight excluding hydrogens is 354 g/mol. The summed E-state index contributed by atoms with van der Waals surface area (Å²) in [7, 11) is 0. The standard InChI is InChI=1S/C27H49NO/c1-17(2)7-6-8-18(3)21-9-10-22-25-23(12-14-27(21,22)5)26(4)13-11-20(29)15-19(26)16-24(25)28/h17-25,29H,6-16,28H2,1-5H3/t18-,19?,20+,21?,22+,23+,24-,25+,26+,27-/m1/s1. The van der Waals surface area contributed by atoms with E-state index in [0.717, 1.165) is 54.8 Å². The van der Waals surface area contributed by atoms with Gasteiger partial charge in [-0.2, -0.15) is 0 Å². The second kappa shape index (κ2) is 8.12. The molecule has 0 aromatic rings. The predicted molar refractivity (Wildman–Crippen MR) is 122 cm³/mol. The Bertz CT molecular complexity index is 575. The molecule has 0 spiro atoms. The lowest BCUT2D eigenvalue weighted by molar-refractivity contribution is -0.136. The summed E-state index contributed by atoms with van der Waals surface area (Å²) in [5.41, 5.74) is 7.92. The maximum Gasteiger partial charge on any atom is 0.0543 e. The Morgan fingerprint density at radius 1 is 0.897 bits per heavy atom. The summed E-state index contributed by atoms with van der Waals surface area (Å²) in [6, 6.07) is 0.364. The number of aliphatic hydroxyl groups is 1. The van der Waals surface area contributed by atoms with Gasteiger partial charge in [-0.25, -0.2) is 0 Å². The summed E-state index contributed by atoms with van der Waals surface area (Å²) >= 11 is 0. The van der Waals surface area contributed by atoms with Gasteiger partial charge in [0, 0.05) is 6.04 Å². The zero-order valence-corrected chi connectivity index (χ0v) is 20.0. The lowest BCUT2D eigenvalue weighted by atomic mass is 9.43. The minimum atomic E-state index is -0.0757. The van der Waals surface area contributed by atoms with Gasteiger partial charge in [0.2, 0.25) is 0 Å². The molecule has 0 aromatic heterocycles. The third-order valence-corrected chi connectivity index (χ3v) is 10.9. The fraction of sp³-hybridized carbons (Fsp3) is 1.00. The van der Waals surface area contributed by atoms with Crippen molar-refractivity contribution >= 4 is 0 Å². The zero-order valence-electron chi connectivity index (χ0n) is 20.0. The van der Waals surface area contributed by atoms with Crippen LogP contribution in [0.15, 0.2) is 0 Å². The Labute approximate surface area is 180 Å². The van der Waals surface area contributed by atoms with Gasteiger partial charge >= 0.3 is 0 Å². The van der Waals surface area contributed by atoms with Gasteiger partial charge in [-0.3, -0.25) is 0 Å². The lowest BCUT2D eigenvalue weighted by Crippen LogP contribution is -2.60. The van der Waals surface area contributed by atoms with E-state index >= 15 is 0 Å². The van der Waals surface area contributed by atoms with Crippen LogP contribution in [0.4, 0.5) is 0 Å². The lowest BCUT2D eigenvalue weighted by Gasteiger charge is -2.63. The number of fused-ring (bicyclic) bond motifs is 5. The van der Waals surface area contributed by atoms with Gasteiger partial charge in [-0.15, -0.1) is 0 Å². The number of aliphatic hydroxyl groups excluding tert-OH is 1. The minimum absolute atomic E-state index is 0.0757. The van der Waals surface area contributed by atoms with Crippen LogP contribution in [-0.4, -0.2) is 17.3 Å². The molecule has 4 rings (SSSR count). The van der Waals surface area contributed by atoms with E-state index in [1.54, 1.807) is 0 Å². The third-order valence-electron chi connectivity index (χ3n) is 10.9. The molecule has 168 valence electrons. The predicted octanol–water partition coefficient (Wildman–Crippen LogP) is 6.41. The van der Waals surface area contributed by atoms with Crippen LogP contribution in [0.25, 0.3) is 0 Å². The smallest absolute Gasteiger partial charge is 0.0543 e. The molecule has 0 heterocycles. The molecule has 0 saturated heterocycles. The molecule has 2 nitrogen and oxygen atoms in total. The summed E-state index contributed by atoms with van der Waals surface area (Å²) in [6.07, 6.45) is 14.2. The number of rotatable bonds is 5. The Balaban J connectivity index is 1.50. The van der Waals surface area contributed by atoms with Crippen LogP contribution in [0, 0.1) is 52.3 Å². The number of hydrogen-bond donors (Lipinski definition) is 2. The Kier molecular flexibility index (Phi) is 6.19. The van der Waals surface area contributed by atoms with Crippen molar-refractivity contribution in [1.29, 1.82) is 0 Å². The molecule has 0 aromatic carbocycles. The van der Waals surface area contributed by atoms with E-state index in [-0.39, 0.29) is 6.10 Å². The largest absolute Gasteiger partial charge is 0.393 e. The van der Waals surface area contributed by atoms with Crippen molar-refractivity contribution in [3.8, 4) is 0 Å². The second-order valence-electron chi connectivity index (χ2n) is 12.9. The topological polar surface area (TPSA) is 46.2 Å². The average Bonchev–Trinajstić information content (AvgIpc) is 3.00. The molecule has 0 aliphatic heterocycles. The van der Waals surface area contributed by atoms with Crippen LogP contribution >= 0.6 is 0 Å². The van der Waals surface area contributed by atoms with Crippen molar-refractivity contribution in [3.63, 3.8) is 0 Å². The number of nitrogens with two attached hydrogens (primary N) is 1. The van der Waals surface area contributed by atoms with Gasteiger partial charge in [-0.1, -0.05) is 53.9 Å². The Hall–Kier alpha value is -0.0800. The Morgan fingerprint density at radius 3 is 2.31 bits per heavy atom. The maximum absolute atomic E-state index is 10.3. The van der Waals surface area contributed by atoms with E-state index in [4.69, 9.17) is 5.73 Å². The molecule has 2 unspecified atom stereocenters. The van der Waals surface area contributed by atoms with E-state index in [9.17, 15) is 5.11 Å². The first-order valence-electron chi connectivity index (χ1n) is 13.1. The Morgan fingerprint density at radius 2 is 1.59 bits per heavy atom. The monoisotopic (exact) mass is 403 g/mol. The highest BCUT2D eigenvalue weighted by Crippen LogP contribution is 2.68. The maximum atomic E-state index is 10.3. The van der Waals surface area contributed by atoms with Crippen LogP contribution in [0.1, 0.15) is 105 Å². The van der Waals surface area contributed by atoms with Crippen LogP contribution in [-0.2, 0) is 0 Å². The zero-order chi connectivity index (χ0) is 21.0. The van der Waals surface area contributed by atoms with Crippen LogP contribution < -0.4 is 5.73 Å². The molecule has 4 fully saturated rings. The van der Waals surface area contributed by atoms with Crippen molar-refractivity contribution < 1.29 is 5.11 Å².